The number of nitrogens with one attached hydrogen (secondary N) is 1. The van der Waals surface area contributed by atoms with Gasteiger partial charge in [0.05, 0.1) is 11.5 Å². The number of aliphatic hydroxyl groups is 1. The van der Waals surface area contributed by atoms with Crippen LogP contribution >= 0.6 is 22.7 Å². The minimum Gasteiger partial charge on any atom is -0.491 e. The molecule has 2 heterocycles. The molecule has 0 aliphatic heterocycles. The average molecular weight is 346 g/mol. The van der Waals surface area contributed by atoms with Crippen molar-refractivity contribution >= 4 is 22.7 Å². The Balaban J connectivity index is 1.56. The molecule has 0 bridgehead atoms. The van der Waals surface area contributed by atoms with Gasteiger partial charge in [0.2, 0.25) is 0 Å². The normalized spacial score (nSPS) is 10.8. The Morgan fingerprint density at radius 3 is 2.87 bits per heavy atom. The number of hydrogen-bond donors (Lipinski definition) is 2. The maximum absolute atomic E-state index is 8.88. The first-order valence-electron chi connectivity index (χ1n) is 7.37. The van der Waals surface area contributed by atoms with Gasteiger partial charge in [-0.2, -0.15) is 0 Å². The van der Waals surface area contributed by atoms with Gasteiger partial charge in [0.15, 0.2) is 0 Å². The predicted molar refractivity (Wildman–Crippen MR) is 95.0 cm³/mol. The molecule has 2 N–H and O–H groups in total. The molecule has 0 aliphatic rings. The van der Waals surface area contributed by atoms with Gasteiger partial charge in [0, 0.05) is 29.7 Å². The van der Waals surface area contributed by atoms with Gasteiger partial charge in [-0.05, 0) is 17.5 Å². The Morgan fingerprint density at radius 2 is 2.04 bits per heavy atom. The van der Waals surface area contributed by atoms with Crippen molar-refractivity contribution in [3.63, 3.8) is 0 Å². The Kier molecular flexibility index (Phi) is 5.76. The van der Waals surface area contributed by atoms with Crippen LogP contribution < -0.4 is 10.1 Å². The quantitative estimate of drug-likeness (QED) is 0.655. The fraction of sp³-hybridized carbons (Fsp3) is 0.235. The number of para-hydroxylation sites is 1. The zero-order valence-electron chi connectivity index (χ0n) is 12.6. The van der Waals surface area contributed by atoms with E-state index in [1.165, 1.54) is 9.75 Å². The second kappa shape index (κ2) is 8.21. The number of benzene rings is 1. The van der Waals surface area contributed by atoms with Gasteiger partial charge in [-0.25, -0.2) is 4.98 Å². The lowest BCUT2D eigenvalue weighted by Gasteiger charge is -2.10. The van der Waals surface area contributed by atoms with Crippen LogP contribution in [0.2, 0.25) is 0 Å². The topological polar surface area (TPSA) is 54.4 Å². The second-order valence-corrected chi connectivity index (χ2v) is 6.96. The van der Waals surface area contributed by atoms with E-state index in [-0.39, 0.29) is 6.61 Å². The van der Waals surface area contributed by atoms with Gasteiger partial charge in [0.25, 0.3) is 0 Å². The first-order chi connectivity index (χ1) is 11.4. The minimum atomic E-state index is 0.0219. The van der Waals surface area contributed by atoms with E-state index in [0.717, 1.165) is 22.9 Å². The number of aromatic nitrogens is 1. The summed E-state index contributed by atoms with van der Waals surface area (Å²) < 4.78 is 5.54. The number of aliphatic hydroxyl groups excluding tert-OH is 1. The van der Waals surface area contributed by atoms with E-state index in [9.17, 15) is 0 Å². The van der Waals surface area contributed by atoms with Crippen LogP contribution in [-0.2, 0) is 13.1 Å². The Morgan fingerprint density at radius 1 is 1.13 bits per heavy atom. The summed E-state index contributed by atoms with van der Waals surface area (Å²) in [6, 6.07) is 12.0. The molecule has 3 aromatic rings. The molecule has 23 heavy (non-hydrogen) atoms. The molecule has 4 nitrogen and oxygen atoms in total. The Labute approximate surface area is 143 Å². The molecule has 0 fully saturated rings. The van der Waals surface area contributed by atoms with Crippen molar-refractivity contribution in [3.8, 4) is 15.6 Å². The lowest BCUT2D eigenvalue weighted by Crippen LogP contribution is -2.13. The maximum atomic E-state index is 8.88. The third-order valence-corrected chi connectivity index (χ3v) is 5.26. The number of thiophene rings is 1. The van der Waals surface area contributed by atoms with Crippen LogP contribution in [0.25, 0.3) is 9.88 Å². The summed E-state index contributed by atoms with van der Waals surface area (Å²) in [5.41, 5.74) is 1.09. The maximum Gasteiger partial charge on any atom is 0.133 e. The third-order valence-electron chi connectivity index (χ3n) is 3.22. The highest BCUT2D eigenvalue weighted by Crippen LogP contribution is 2.28. The number of hydrogen-bond acceptors (Lipinski definition) is 6. The Hall–Kier alpha value is -1.73. The molecule has 1 aromatic carbocycles. The molecule has 120 valence electrons. The zero-order valence-corrected chi connectivity index (χ0v) is 14.2. The summed E-state index contributed by atoms with van der Waals surface area (Å²) in [5, 5.41) is 15.4. The molecule has 3 rings (SSSR count). The molecule has 0 amide bonds. The van der Waals surface area contributed by atoms with Gasteiger partial charge < -0.3 is 15.2 Å². The highest BCUT2D eigenvalue weighted by molar-refractivity contribution is 7.20. The fourth-order valence-corrected chi connectivity index (χ4v) is 3.86. The van der Waals surface area contributed by atoms with Gasteiger partial charge in [-0.15, -0.1) is 22.7 Å². The number of thiazole rings is 1. The van der Waals surface area contributed by atoms with Crippen LogP contribution in [0.4, 0.5) is 0 Å². The SMILES string of the molecule is OCCOc1ccccc1CNCc1cnc(-c2cccs2)s1. The Bertz CT molecular complexity index is 726. The molecule has 0 saturated heterocycles. The summed E-state index contributed by atoms with van der Waals surface area (Å²) in [6.07, 6.45) is 1.93. The van der Waals surface area contributed by atoms with Crippen molar-refractivity contribution in [2.24, 2.45) is 0 Å². The molecule has 0 radical (unpaired) electrons. The fourth-order valence-electron chi connectivity index (χ4n) is 2.17. The highest BCUT2D eigenvalue weighted by Gasteiger charge is 2.06. The van der Waals surface area contributed by atoms with Crippen LogP contribution in [0.15, 0.2) is 48.0 Å². The smallest absolute Gasteiger partial charge is 0.133 e. The minimum absolute atomic E-state index is 0.0219. The largest absolute Gasteiger partial charge is 0.491 e. The first kappa shape index (κ1) is 16.1. The van der Waals surface area contributed by atoms with Crippen LogP contribution in [0.5, 0.6) is 5.75 Å². The zero-order chi connectivity index (χ0) is 15.9. The van der Waals surface area contributed by atoms with Gasteiger partial charge in [-0.1, -0.05) is 24.3 Å². The molecule has 0 atom stereocenters. The van der Waals surface area contributed by atoms with Gasteiger partial charge in [-0.3, -0.25) is 0 Å². The molecule has 0 saturated carbocycles. The molecular formula is C17H18N2O2S2. The van der Waals surface area contributed by atoms with Crippen LogP contribution in [0.1, 0.15) is 10.4 Å². The van der Waals surface area contributed by atoms with E-state index in [0.29, 0.717) is 13.2 Å². The van der Waals surface area contributed by atoms with E-state index in [2.05, 4.69) is 21.7 Å². The van der Waals surface area contributed by atoms with E-state index < -0.39 is 0 Å². The molecule has 2 aromatic heterocycles. The summed E-state index contributed by atoms with van der Waals surface area (Å²) in [6.45, 7) is 1.83. The van der Waals surface area contributed by atoms with Crippen LogP contribution in [0, 0.1) is 0 Å². The van der Waals surface area contributed by atoms with Crippen molar-refractivity contribution in [2.75, 3.05) is 13.2 Å². The van der Waals surface area contributed by atoms with Gasteiger partial charge in [0.1, 0.15) is 17.4 Å². The molecular weight excluding hydrogens is 328 g/mol. The summed E-state index contributed by atoms with van der Waals surface area (Å²) in [7, 11) is 0. The highest BCUT2D eigenvalue weighted by atomic mass is 32.1. The summed E-state index contributed by atoms with van der Waals surface area (Å²) in [4.78, 5) is 6.90. The van der Waals surface area contributed by atoms with E-state index in [1.54, 1.807) is 22.7 Å². The molecule has 6 heteroatoms. The lowest BCUT2D eigenvalue weighted by atomic mass is 10.2. The van der Waals surface area contributed by atoms with E-state index in [4.69, 9.17) is 9.84 Å². The number of ether oxygens (including phenoxy) is 1. The average Bonchev–Trinajstić information content (AvgIpc) is 3.25. The molecule has 0 aliphatic carbocycles. The van der Waals surface area contributed by atoms with E-state index in [1.807, 2.05) is 36.5 Å². The van der Waals surface area contributed by atoms with Crippen molar-refractivity contribution in [3.05, 3.63) is 58.4 Å². The summed E-state index contributed by atoms with van der Waals surface area (Å²) >= 11 is 3.43. The number of nitrogens with zero attached hydrogens (tertiary/aromatic N) is 1. The predicted octanol–water partition coefficient (Wildman–Crippen LogP) is 3.53. The summed E-state index contributed by atoms with van der Waals surface area (Å²) in [5.74, 6) is 0.817. The van der Waals surface area contributed by atoms with Crippen LogP contribution in [0.3, 0.4) is 0 Å². The second-order valence-electron chi connectivity index (χ2n) is 4.89. The van der Waals surface area contributed by atoms with Crippen molar-refractivity contribution in [1.29, 1.82) is 0 Å². The third kappa shape index (κ3) is 4.39. The van der Waals surface area contributed by atoms with E-state index >= 15 is 0 Å². The standard InChI is InChI=1S/C17H18N2O2S2/c20-7-8-21-15-5-2-1-4-13(15)10-18-11-14-12-19-17(23-14)16-6-3-9-22-16/h1-6,9,12,18,20H,7-8,10-11H2. The van der Waals surface area contributed by atoms with Crippen LogP contribution in [-0.4, -0.2) is 23.3 Å². The number of rotatable bonds is 8. The van der Waals surface area contributed by atoms with Crippen molar-refractivity contribution < 1.29 is 9.84 Å². The molecule has 0 unspecified atom stereocenters. The molecule has 0 spiro atoms. The lowest BCUT2D eigenvalue weighted by molar-refractivity contribution is 0.200. The van der Waals surface area contributed by atoms with Crippen molar-refractivity contribution in [1.82, 2.24) is 10.3 Å². The first-order valence-corrected chi connectivity index (χ1v) is 9.07. The van der Waals surface area contributed by atoms with Gasteiger partial charge >= 0.3 is 0 Å². The van der Waals surface area contributed by atoms with Crippen molar-refractivity contribution in [2.45, 2.75) is 13.1 Å². The monoisotopic (exact) mass is 346 g/mol.